The van der Waals surface area contributed by atoms with Gasteiger partial charge in [0.1, 0.15) is 0 Å². The molecule has 0 aromatic rings. The van der Waals surface area contributed by atoms with Crippen LogP contribution in [0.3, 0.4) is 0 Å². The molecular formula is C19H38N2. The maximum Gasteiger partial charge on any atom is 0.00474 e. The van der Waals surface area contributed by atoms with Gasteiger partial charge in [0.15, 0.2) is 0 Å². The molecule has 2 heteroatoms. The Labute approximate surface area is 133 Å². The van der Waals surface area contributed by atoms with Gasteiger partial charge < -0.3 is 10.2 Å². The average Bonchev–Trinajstić information content (AvgIpc) is 2.90. The standard InChI is InChI=1S/C19H38N2/c1-5-18(4,15-20-14-17(2)3)16-21-12-10-19(11-13-21)8-6-7-9-19/h17,20H,5-16H2,1-4H3. The summed E-state index contributed by atoms with van der Waals surface area (Å²) in [5, 5.41) is 3.69. The summed E-state index contributed by atoms with van der Waals surface area (Å²) in [6.45, 7) is 15.7. The van der Waals surface area contributed by atoms with E-state index in [2.05, 4.69) is 37.9 Å². The van der Waals surface area contributed by atoms with Gasteiger partial charge in [0.25, 0.3) is 0 Å². The molecule has 1 N–H and O–H groups in total. The van der Waals surface area contributed by atoms with Gasteiger partial charge in [-0.3, -0.25) is 0 Å². The molecule has 0 aromatic heterocycles. The molecule has 1 atom stereocenters. The summed E-state index contributed by atoms with van der Waals surface area (Å²) in [4.78, 5) is 2.75. The number of hydrogen-bond donors (Lipinski definition) is 1. The Morgan fingerprint density at radius 1 is 1.10 bits per heavy atom. The lowest BCUT2D eigenvalue weighted by Gasteiger charge is -2.43. The Bertz CT molecular complexity index is 297. The lowest BCUT2D eigenvalue weighted by molar-refractivity contribution is 0.0711. The van der Waals surface area contributed by atoms with Gasteiger partial charge in [-0.2, -0.15) is 0 Å². The number of likely N-dealkylation sites (tertiary alicyclic amines) is 1. The van der Waals surface area contributed by atoms with E-state index in [-0.39, 0.29) is 0 Å². The zero-order valence-electron chi connectivity index (χ0n) is 15.0. The van der Waals surface area contributed by atoms with Crippen molar-refractivity contribution in [2.75, 3.05) is 32.7 Å². The first-order chi connectivity index (χ1) is 9.97. The van der Waals surface area contributed by atoms with Crippen LogP contribution in [-0.4, -0.2) is 37.6 Å². The maximum atomic E-state index is 3.69. The Kier molecular flexibility index (Phi) is 6.14. The summed E-state index contributed by atoms with van der Waals surface area (Å²) in [6, 6.07) is 0. The molecule has 21 heavy (non-hydrogen) atoms. The summed E-state index contributed by atoms with van der Waals surface area (Å²) in [5.41, 5.74) is 1.20. The molecule has 1 aliphatic carbocycles. The van der Waals surface area contributed by atoms with Crippen LogP contribution in [0.5, 0.6) is 0 Å². The normalized spacial score (nSPS) is 25.6. The highest BCUT2D eigenvalue weighted by atomic mass is 15.1. The van der Waals surface area contributed by atoms with Crippen molar-refractivity contribution in [1.82, 2.24) is 10.2 Å². The molecule has 2 rings (SSSR count). The highest BCUT2D eigenvalue weighted by molar-refractivity contribution is 4.91. The molecule has 1 aliphatic heterocycles. The molecule has 2 fully saturated rings. The smallest absolute Gasteiger partial charge is 0.00474 e. The second-order valence-electron chi connectivity index (χ2n) is 8.67. The van der Waals surface area contributed by atoms with Crippen molar-refractivity contribution >= 4 is 0 Å². The number of piperidine rings is 1. The SMILES string of the molecule is CCC(C)(CNCC(C)C)CN1CCC2(CCCC2)CC1. The van der Waals surface area contributed by atoms with Crippen molar-refractivity contribution < 1.29 is 0 Å². The molecule has 2 aliphatic rings. The molecule has 0 bridgehead atoms. The minimum atomic E-state index is 0.440. The fraction of sp³-hybridized carbons (Fsp3) is 1.00. The Balaban J connectivity index is 1.76. The third-order valence-corrected chi connectivity index (χ3v) is 6.14. The van der Waals surface area contributed by atoms with Gasteiger partial charge in [-0.1, -0.05) is 40.5 Å². The van der Waals surface area contributed by atoms with E-state index in [0.29, 0.717) is 5.41 Å². The van der Waals surface area contributed by atoms with Gasteiger partial charge in [0, 0.05) is 13.1 Å². The summed E-state index contributed by atoms with van der Waals surface area (Å²) >= 11 is 0. The quantitative estimate of drug-likeness (QED) is 0.753. The van der Waals surface area contributed by atoms with E-state index in [1.165, 1.54) is 71.1 Å². The van der Waals surface area contributed by atoms with E-state index in [9.17, 15) is 0 Å². The Hall–Kier alpha value is -0.0800. The summed E-state index contributed by atoms with van der Waals surface area (Å²) < 4.78 is 0. The molecule has 0 amide bonds. The van der Waals surface area contributed by atoms with Gasteiger partial charge in [0.2, 0.25) is 0 Å². The number of rotatable bonds is 7. The molecule has 1 saturated carbocycles. The van der Waals surface area contributed by atoms with Crippen molar-refractivity contribution in [3.8, 4) is 0 Å². The van der Waals surface area contributed by atoms with Gasteiger partial charge >= 0.3 is 0 Å². The largest absolute Gasteiger partial charge is 0.316 e. The van der Waals surface area contributed by atoms with E-state index in [4.69, 9.17) is 0 Å². The first kappa shape index (κ1) is 17.3. The lowest BCUT2D eigenvalue weighted by atomic mass is 9.76. The highest BCUT2D eigenvalue weighted by Gasteiger charge is 2.38. The number of hydrogen-bond acceptors (Lipinski definition) is 2. The van der Waals surface area contributed by atoms with E-state index < -0.39 is 0 Å². The van der Waals surface area contributed by atoms with Crippen molar-refractivity contribution in [3.05, 3.63) is 0 Å². The molecule has 0 aromatic carbocycles. The molecule has 1 heterocycles. The second-order valence-corrected chi connectivity index (χ2v) is 8.67. The maximum absolute atomic E-state index is 3.69. The Morgan fingerprint density at radius 2 is 1.71 bits per heavy atom. The van der Waals surface area contributed by atoms with Crippen LogP contribution >= 0.6 is 0 Å². The monoisotopic (exact) mass is 294 g/mol. The summed E-state index contributed by atoms with van der Waals surface area (Å²) in [5.74, 6) is 0.753. The summed E-state index contributed by atoms with van der Waals surface area (Å²) in [6.07, 6.45) is 10.2. The van der Waals surface area contributed by atoms with Gasteiger partial charge in [0.05, 0.1) is 0 Å². The van der Waals surface area contributed by atoms with Crippen LogP contribution in [0, 0.1) is 16.7 Å². The van der Waals surface area contributed by atoms with Crippen molar-refractivity contribution in [2.24, 2.45) is 16.7 Å². The predicted molar refractivity (Wildman–Crippen MR) is 92.7 cm³/mol. The van der Waals surface area contributed by atoms with Crippen LogP contribution in [0.25, 0.3) is 0 Å². The first-order valence-electron chi connectivity index (χ1n) is 9.40. The fourth-order valence-corrected chi connectivity index (χ4v) is 4.31. The third kappa shape index (κ3) is 4.96. The van der Waals surface area contributed by atoms with Crippen LogP contribution in [0.4, 0.5) is 0 Å². The van der Waals surface area contributed by atoms with Gasteiger partial charge in [-0.05, 0) is 68.5 Å². The summed E-state index contributed by atoms with van der Waals surface area (Å²) in [7, 11) is 0. The van der Waals surface area contributed by atoms with E-state index in [1.54, 1.807) is 0 Å². The topological polar surface area (TPSA) is 15.3 Å². The van der Waals surface area contributed by atoms with Crippen LogP contribution in [0.15, 0.2) is 0 Å². The zero-order valence-corrected chi connectivity index (χ0v) is 15.0. The van der Waals surface area contributed by atoms with E-state index in [0.717, 1.165) is 17.9 Å². The highest BCUT2D eigenvalue weighted by Crippen LogP contribution is 2.46. The van der Waals surface area contributed by atoms with Crippen molar-refractivity contribution in [2.45, 2.75) is 72.6 Å². The van der Waals surface area contributed by atoms with Crippen LogP contribution < -0.4 is 5.32 Å². The van der Waals surface area contributed by atoms with Crippen LogP contribution in [0.1, 0.15) is 72.6 Å². The fourth-order valence-electron chi connectivity index (χ4n) is 4.31. The zero-order chi connectivity index (χ0) is 15.3. The Morgan fingerprint density at radius 3 is 2.24 bits per heavy atom. The van der Waals surface area contributed by atoms with Crippen LogP contribution in [-0.2, 0) is 0 Å². The van der Waals surface area contributed by atoms with Crippen LogP contribution in [0.2, 0.25) is 0 Å². The molecule has 1 unspecified atom stereocenters. The van der Waals surface area contributed by atoms with E-state index >= 15 is 0 Å². The van der Waals surface area contributed by atoms with Crippen molar-refractivity contribution in [3.63, 3.8) is 0 Å². The average molecular weight is 295 g/mol. The number of nitrogens with zero attached hydrogens (tertiary/aromatic N) is 1. The molecular weight excluding hydrogens is 256 g/mol. The number of nitrogens with one attached hydrogen (secondary N) is 1. The molecule has 1 spiro atoms. The van der Waals surface area contributed by atoms with Gasteiger partial charge in [-0.25, -0.2) is 0 Å². The predicted octanol–water partition coefficient (Wildman–Crippen LogP) is 4.30. The van der Waals surface area contributed by atoms with Gasteiger partial charge in [-0.15, -0.1) is 0 Å². The second kappa shape index (κ2) is 7.46. The molecule has 0 radical (unpaired) electrons. The molecule has 1 saturated heterocycles. The van der Waals surface area contributed by atoms with Crippen molar-refractivity contribution in [1.29, 1.82) is 0 Å². The minimum Gasteiger partial charge on any atom is -0.316 e. The third-order valence-electron chi connectivity index (χ3n) is 6.14. The molecule has 124 valence electrons. The minimum absolute atomic E-state index is 0.440. The lowest BCUT2D eigenvalue weighted by Crippen LogP contribution is -2.47. The molecule has 2 nitrogen and oxygen atoms in total. The van der Waals surface area contributed by atoms with E-state index in [1.807, 2.05) is 0 Å². The first-order valence-corrected chi connectivity index (χ1v) is 9.40.